The molecule has 0 bridgehead atoms. The molecule has 1 aromatic heterocycles. The van der Waals surface area contributed by atoms with E-state index in [2.05, 4.69) is 54.9 Å². The molecular formula is C18H16N2. The van der Waals surface area contributed by atoms with E-state index < -0.39 is 0 Å². The van der Waals surface area contributed by atoms with Crippen LogP contribution in [0.3, 0.4) is 0 Å². The minimum atomic E-state index is 0.722. The van der Waals surface area contributed by atoms with Crippen LogP contribution in [0.15, 0.2) is 48.7 Å². The highest BCUT2D eigenvalue weighted by atomic mass is 14.9. The fraction of sp³-hybridized carbons (Fsp3) is 0.167. The first-order chi connectivity index (χ1) is 9.67. The molecule has 0 N–H and O–H groups in total. The lowest BCUT2D eigenvalue weighted by Gasteiger charge is -2.09. The minimum absolute atomic E-state index is 0.722. The van der Waals surface area contributed by atoms with Crippen molar-refractivity contribution < 1.29 is 0 Å². The number of nitrogens with zero attached hydrogens (tertiary/aromatic N) is 2. The summed E-state index contributed by atoms with van der Waals surface area (Å²) in [6.45, 7) is 5.01. The van der Waals surface area contributed by atoms with Gasteiger partial charge in [0, 0.05) is 18.3 Å². The molecule has 0 aliphatic rings. The Bertz CT molecular complexity index is 819. The normalized spacial score (nSPS) is 10.7. The first-order valence-corrected chi connectivity index (χ1v) is 6.72. The number of rotatable bonds is 2. The summed E-state index contributed by atoms with van der Waals surface area (Å²) in [6, 6.07) is 16.7. The monoisotopic (exact) mass is 260 g/mol. The van der Waals surface area contributed by atoms with Gasteiger partial charge in [-0.3, -0.25) is 0 Å². The highest BCUT2D eigenvalue weighted by molar-refractivity contribution is 5.80. The summed E-state index contributed by atoms with van der Waals surface area (Å²) in [6.07, 6.45) is 2.13. The van der Waals surface area contributed by atoms with Gasteiger partial charge in [-0.15, -0.1) is 0 Å². The minimum Gasteiger partial charge on any atom is -0.343 e. The van der Waals surface area contributed by atoms with Crippen LogP contribution >= 0.6 is 0 Å². The van der Waals surface area contributed by atoms with E-state index in [0.717, 1.165) is 17.7 Å². The molecule has 0 aliphatic carbocycles. The van der Waals surface area contributed by atoms with Crippen LogP contribution in [0.2, 0.25) is 0 Å². The topological polar surface area (TPSA) is 28.7 Å². The molecule has 0 aliphatic heterocycles. The number of aryl methyl sites for hydroxylation is 2. The molecule has 20 heavy (non-hydrogen) atoms. The van der Waals surface area contributed by atoms with Crippen molar-refractivity contribution in [1.29, 1.82) is 5.26 Å². The van der Waals surface area contributed by atoms with E-state index in [1.165, 1.54) is 22.0 Å². The van der Waals surface area contributed by atoms with Crippen LogP contribution < -0.4 is 0 Å². The molecule has 2 aromatic carbocycles. The van der Waals surface area contributed by atoms with Crippen molar-refractivity contribution in [2.45, 2.75) is 20.4 Å². The second-order valence-electron chi connectivity index (χ2n) is 5.26. The van der Waals surface area contributed by atoms with Crippen LogP contribution in [0, 0.1) is 25.2 Å². The molecule has 0 unspecified atom stereocenters. The van der Waals surface area contributed by atoms with Crippen molar-refractivity contribution in [3.05, 3.63) is 70.9 Å². The van der Waals surface area contributed by atoms with Crippen molar-refractivity contribution in [3.63, 3.8) is 0 Å². The van der Waals surface area contributed by atoms with E-state index in [4.69, 9.17) is 5.26 Å². The molecule has 2 heteroatoms. The standard InChI is InChI=1S/C18H16N2/c1-13-3-6-18-16(9-13)7-8-20(18)12-17-5-4-15(11-19)10-14(17)2/h3-10H,12H2,1-2H3. The fourth-order valence-electron chi connectivity index (χ4n) is 2.58. The summed E-state index contributed by atoms with van der Waals surface area (Å²) in [5, 5.41) is 10.2. The van der Waals surface area contributed by atoms with E-state index in [-0.39, 0.29) is 0 Å². The second kappa shape index (κ2) is 4.86. The zero-order chi connectivity index (χ0) is 14.1. The average Bonchev–Trinajstić information content (AvgIpc) is 2.83. The van der Waals surface area contributed by atoms with Gasteiger partial charge in [0.05, 0.1) is 11.6 Å². The van der Waals surface area contributed by atoms with E-state index in [0.29, 0.717) is 0 Å². The quantitative estimate of drug-likeness (QED) is 0.679. The van der Waals surface area contributed by atoms with Crippen molar-refractivity contribution in [3.8, 4) is 6.07 Å². The van der Waals surface area contributed by atoms with Crippen molar-refractivity contribution in [1.82, 2.24) is 4.57 Å². The Labute approximate surface area is 118 Å². The number of aromatic nitrogens is 1. The third-order valence-electron chi connectivity index (χ3n) is 3.74. The summed E-state index contributed by atoms with van der Waals surface area (Å²) in [7, 11) is 0. The number of hydrogen-bond acceptors (Lipinski definition) is 1. The molecule has 0 radical (unpaired) electrons. The first-order valence-electron chi connectivity index (χ1n) is 6.72. The van der Waals surface area contributed by atoms with E-state index in [9.17, 15) is 0 Å². The van der Waals surface area contributed by atoms with Gasteiger partial charge in [0.1, 0.15) is 0 Å². The maximum absolute atomic E-state index is 8.92. The number of nitriles is 1. The Kier molecular flexibility index (Phi) is 3.04. The highest BCUT2D eigenvalue weighted by Gasteiger charge is 2.05. The van der Waals surface area contributed by atoms with Crippen molar-refractivity contribution in [2.24, 2.45) is 0 Å². The highest BCUT2D eigenvalue weighted by Crippen LogP contribution is 2.20. The van der Waals surface area contributed by atoms with Crippen LogP contribution in [0.4, 0.5) is 0 Å². The molecule has 0 saturated carbocycles. The molecule has 0 fully saturated rings. The summed E-state index contributed by atoms with van der Waals surface area (Å²) >= 11 is 0. The third-order valence-corrected chi connectivity index (χ3v) is 3.74. The lowest BCUT2D eigenvalue weighted by Crippen LogP contribution is -2.00. The largest absolute Gasteiger partial charge is 0.343 e. The van der Waals surface area contributed by atoms with Gasteiger partial charge < -0.3 is 4.57 Å². The summed E-state index contributed by atoms with van der Waals surface area (Å²) in [5.74, 6) is 0. The Hall–Kier alpha value is -2.53. The Morgan fingerprint density at radius 3 is 2.65 bits per heavy atom. The molecular weight excluding hydrogens is 244 g/mol. The number of fused-ring (bicyclic) bond motifs is 1. The Morgan fingerprint density at radius 1 is 1.05 bits per heavy atom. The van der Waals surface area contributed by atoms with Crippen molar-refractivity contribution >= 4 is 10.9 Å². The maximum Gasteiger partial charge on any atom is 0.0991 e. The van der Waals surface area contributed by atoms with Gasteiger partial charge >= 0.3 is 0 Å². The van der Waals surface area contributed by atoms with Gasteiger partial charge in [-0.2, -0.15) is 5.26 Å². The lowest BCUT2D eigenvalue weighted by atomic mass is 10.1. The van der Waals surface area contributed by atoms with Crippen molar-refractivity contribution in [2.75, 3.05) is 0 Å². The zero-order valence-corrected chi connectivity index (χ0v) is 11.7. The predicted octanol–water partition coefficient (Wildman–Crippen LogP) is 4.18. The van der Waals surface area contributed by atoms with Crippen LogP contribution in [0.5, 0.6) is 0 Å². The number of hydrogen-bond donors (Lipinski definition) is 0. The molecule has 2 nitrogen and oxygen atoms in total. The zero-order valence-electron chi connectivity index (χ0n) is 11.7. The molecule has 3 rings (SSSR count). The van der Waals surface area contributed by atoms with Gasteiger partial charge in [0.2, 0.25) is 0 Å². The number of benzene rings is 2. The lowest BCUT2D eigenvalue weighted by molar-refractivity contribution is 0.830. The average molecular weight is 260 g/mol. The molecule has 0 saturated heterocycles. The third kappa shape index (κ3) is 2.19. The second-order valence-corrected chi connectivity index (χ2v) is 5.26. The van der Waals surface area contributed by atoms with Crippen LogP contribution in [0.25, 0.3) is 10.9 Å². The van der Waals surface area contributed by atoms with E-state index in [1.807, 2.05) is 18.2 Å². The molecule has 0 atom stereocenters. The Balaban J connectivity index is 1.99. The molecule has 98 valence electrons. The van der Waals surface area contributed by atoms with E-state index in [1.54, 1.807) is 0 Å². The van der Waals surface area contributed by atoms with Crippen LogP contribution in [-0.4, -0.2) is 4.57 Å². The van der Waals surface area contributed by atoms with Crippen LogP contribution in [0.1, 0.15) is 22.3 Å². The summed E-state index contributed by atoms with van der Waals surface area (Å²) in [5.41, 5.74) is 5.67. The predicted molar refractivity (Wildman–Crippen MR) is 81.7 cm³/mol. The smallest absolute Gasteiger partial charge is 0.0991 e. The Morgan fingerprint density at radius 2 is 1.90 bits per heavy atom. The van der Waals surface area contributed by atoms with Gasteiger partial charge in [-0.05, 0) is 60.7 Å². The van der Waals surface area contributed by atoms with Gasteiger partial charge in [0.25, 0.3) is 0 Å². The maximum atomic E-state index is 8.92. The summed E-state index contributed by atoms with van der Waals surface area (Å²) in [4.78, 5) is 0. The van der Waals surface area contributed by atoms with E-state index >= 15 is 0 Å². The molecule has 3 aromatic rings. The van der Waals surface area contributed by atoms with Gasteiger partial charge in [-0.1, -0.05) is 17.7 Å². The SMILES string of the molecule is Cc1ccc2c(ccn2Cc2ccc(C#N)cc2C)c1. The summed E-state index contributed by atoms with van der Waals surface area (Å²) < 4.78 is 2.25. The molecule has 0 spiro atoms. The fourth-order valence-corrected chi connectivity index (χ4v) is 2.58. The van der Waals surface area contributed by atoms with Gasteiger partial charge in [0.15, 0.2) is 0 Å². The van der Waals surface area contributed by atoms with Gasteiger partial charge in [-0.25, -0.2) is 0 Å². The molecule has 1 heterocycles. The first kappa shape index (κ1) is 12.5. The molecule has 0 amide bonds. The van der Waals surface area contributed by atoms with Crippen LogP contribution in [-0.2, 0) is 6.54 Å².